The van der Waals surface area contributed by atoms with E-state index in [4.69, 9.17) is 9.47 Å². The van der Waals surface area contributed by atoms with E-state index >= 15 is 0 Å². The van der Waals surface area contributed by atoms with Crippen molar-refractivity contribution in [1.29, 1.82) is 0 Å². The summed E-state index contributed by atoms with van der Waals surface area (Å²) in [5, 5.41) is 1.24. The van der Waals surface area contributed by atoms with E-state index in [2.05, 4.69) is 0 Å². The average Bonchev–Trinajstić information content (AvgIpc) is 2.66. The number of esters is 2. The van der Waals surface area contributed by atoms with Gasteiger partial charge in [0.15, 0.2) is 0 Å². The Kier molecular flexibility index (Phi) is 7.58. The topological polar surface area (TPSA) is 93.2 Å². The Labute approximate surface area is 171 Å². The van der Waals surface area contributed by atoms with Crippen LogP contribution in [-0.2, 0) is 29.1 Å². The molecule has 0 bridgehead atoms. The van der Waals surface area contributed by atoms with Gasteiger partial charge in [-0.15, -0.1) is 0 Å². The third-order valence-corrected chi connectivity index (χ3v) is 6.03. The van der Waals surface area contributed by atoms with Crippen LogP contribution in [0.4, 0.5) is 5.69 Å². The Morgan fingerprint density at radius 3 is 1.90 bits per heavy atom. The maximum Gasteiger partial charge on any atom is 0.321 e. The van der Waals surface area contributed by atoms with Gasteiger partial charge in [-0.3, -0.25) is 9.59 Å². The van der Waals surface area contributed by atoms with Gasteiger partial charge in [-0.25, -0.2) is 8.42 Å². The smallest absolute Gasteiger partial charge is 0.321 e. The molecule has 2 rings (SSSR count). The highest BCUT2D eigenvalue weighted by atomic mass is 32.2. The fraction of sp³-hybridized carbons (Fsp3) is 0.400. The van der Waals surface area contributed by atoms with Crippen molar-refractivity contribution >= 4 is 38.4 Å². The van der Waals surface area contributed by atoms with Crippen molar-refractivity contribution in [3.63, 3.8) is 0 Å². The third kappa shape index (κ3) is 5.24. The van der Waals surface area contributed by atoms with E-state index < -0.39 is 35.1 Å². The molecule has 0 fully saturated rings. The van der Waals surface area contributed by atoms with Crippen molar-refractivity contribution < 1.29 is 27.5 Å². The first-order valence-corrected chi connectivity index (χ1v) is 10.7. The molecule has 0 saturated carbocycles. The second-order valence-corrected chi connectivity index (χ2v) is 8.31. The Bertz CT molecular complexity index is 968. The summed E-state index contributed by atoms with van der Waals surface area (Å²) in [6, 6.07) is 10.3. The highest BCUT2D eigenvalue weighted by molar-refractivity contribution is 7.89. The lowest BCUT2D eigenvalue weighted by Crippen LogP contribution is -2.40. The largest absolute Gasteiger partial charge is 0.465 e. The highest BCUT2D eigenvalue weighted by Crippen LogP contribution is 2.31. The number of nitrogens with zero attached hydrogens (tertiary/aromatic N) is 2. The molecule has 2 aromatic carbocycles. The van der Waals surface area contributed by atoms with E-state index in [1.54, 1.807) is 32.0 Å². The van der Waals surface area contributed by atoms with Gasteiger partial charge in [0, 0.05) is 30.6 Å². The Balaban J connectivity index is 2.56. The zero-order chi connectivity index (χ0) is 21.6. The minimum Gasteiger partial charge on any atom is -0.465 e. The summed E-state index contributed by atoms with van der Waals surface area (Å²) >= 11 is 0. The number of carbonyl (C=O) groups excluding carboxylic acids is 2. The maximum absolute atomic E-state index is 13.4. The number of sulfonamides is 1. The van der Waals surface area contributed by atoms with E-state index in [0.29, 0.717) is 5.39 Å². The first kappa shape index (κ1) is 22.6. The summed E-state index contributed by atoms with van der Waals surface area (Å²) < 4.78 is 37.4. The molecule has 0 saturated heterocycles. The SMILES string of the molecule is CCOC(=O)CN(CC(=O)OCC)S(=O)(=O)c1cccc2c(N(C)C)cccc12. The van der Waals surface area contributed by atoms with Gasteiger partial charge in [-0.1, -0.05) is 24.3 Å². The summed E-state index contributed by atoms with van der Waals surface area (Å²) in [6.45, 7) is 2.28. The van der Waals surface area contributed by atoms with Crippen molar-refractivity contribution in [2.45, 2.75) is 18.7 Å². The lowest BCUT2D eigenvalue weighted by Gasteiger charge is -2.22. The van der Waals surface area contributed by atoms with Gasteiger partial charge in [0.2, 0.25) is 10.0 Å². The number of hydrogen-bond donors (Lipinski definition) is 0. The minimum atomic E-state index is -4.18. The summed E-state index contributed by atoms with van der Waals surface area (Å²) in [5.74, 6) is -1.48. The Hall–Kier alpha value is -2.65. The van der Waals surface area contributed by atoms with Gasteiger partial charge in [0.1, 0.15) is 13.1 Å². The molecule has 0 aliphatic carbocycles. The number of carbonyl (C=O) groups is 2. The fourth-order valence-electron chi connectivity index (χ4n) is 2.95. The monoisotopic (exact) mass is 422 g/mol. The quantitative estimate of drug-likeness (QED) is 0.571. The number of hydrogen-bond acceptors (Lipinski definition) is 7. The molecule has 29 heavy (non-hydrogen) atoms. The van der Waals surface area contributed by atoms with Crippen LogP contribution < -0.4 is 4.90 Å². The number of ether oxygens (including phenoxy) is 2. The van der Waals surface area contributed by atoms with E-state index in [-0.39, 0.29) is 18.1 Å². The Morgan fingerprint density at radius 1 is 0.862 bits per heavy atom. The zero-order valence-electron chi connectivity index (χ0n) is 17.0. The van der Waals surface area contributed by atoms with Gasteiger partial charge >= 0.3 is 11.9 Å². The number of fused-ring (bicyclic) bond motifs is 1. The molecule has 0 aromatic heterocycles. The zero-order valence-corrected chi connectivity index (χ0v) is 17.9. The maximum atomic E-state index is 13.4. The third-order valence-electron chi connectivity index (χ3n) is 4.18. The second-order valence-electron chi connectivity index (χ2n) is 6.41. The molecule has 0 unspecified atom stereocenters. The summed E-state index contributed by atoms with van der Waals surface area (Å²) in [5.41, 5.74) is 0.849. The van der Waals surface area contributed by atoms with Crippen molar-refractivity contribution in [2.24, 2.45) is 0 Å². The van der Waals surface area contributed by atoms with Crippen LogP contribution in [0, 0.1) is 0 Å². The molecular weight excluding hydrogens is 396 g/mol. The van der Waals surface area contributed by atoms with Gasteiger partial charge in [-0.2, -0.15) is 4.31 Å². The molecular formula is C20H26N2O6S. The predicted molar refractivity (Wildman–Crippen MR) is 110 cm³/mol. The lowest BCUT2D eigenvalue weighted by molar-refractivity contribution is -0.146. The molecule has 0 spiro atoms. The van der Waals surface area contributed by atoms with Gasteiger partial charge < -0.3 is 14.4 Å². The van der Waals surface area contributed by atoms with Crippen LogP contribution in [0.25, 0.3) is 10.8 Å². The van der Waals surface area contributed by atoms with Crippen LogP contribution in [0.2, 0.25) is 0 Å². The summed E-state index contributed by atoms with van der Waals surface area (Å²) in [6.07, 6.45) is 0. The first-order chi connectivity index (χ1) is 13.7. The molecule has 0 amide bonds. The van der Waals surface area contributed by atoms with E-state index in [0.717, 1.165) is 15.4 Å². The standard InChI is InChI=1S/C20H26N2O6S/c1-5-27-19(23)13-22(14-20(24)28-6-2)29(25,26)18-12-8-9-15-16(18)10-7-11-17(15)21(3)4/h7-12H,5-6,13-14H2,1-4H3. The second kappa shape index (κ2) is 9.71. The molecule has 0 aliphatic rings. The molecule has 8 nitrogen and oxygen atoms in total. The highest BCUT2D eigenvalue weighted by Gasteiger charge is 2.31. The number of benzene rings is 2. The molecule has 0 heterocycles. The number of anilines is 1. The molecule has 0 aliphatic heterocycles. The van der Waals surface area contributed by atoms with Crippen LogP contribution in [-0.4, -0.2) is 65.1 Å². The molecule has 158 valence electrons. The first-order valence-electron chi connectivity index (χ1n) is 9.22. The fourth-order valence-corrected chi connectivity index (χ4v) is 4.48. The Morgan fingerprint density at radius 2 is 1.38 bits per heavy atom. The van der Waals surface area contributed by atoms with E-state index in [1.165, 1.54) is 6.07 Å². The van der Waals surface area contributed by atoms with Crippen molar-refractivity contribution in [3.8, 4) is 0 Å². The molecule has 0 atom stereocenters. The molecule has 9 heteroatoms. The summed E-state index contributed by atoms with van der Waals surface area (Å²) in [7, 11) is -0.454. The van der Waals surface area contributed by atoms with Crippen molar-refractivity contribution in [2.75, 3.05) is 45.3 Å². The van der Waals surface area contributed by atoms with Crippen LogP contribution >= 0.6 is 0 Å². The number of rotatable bonds is 9. The molecule has 0 N–H and O–H groups in total. The van der Waals surface area contributed by atoms with Gasteiger partial charge in [-0.05, 0) is 26.0 Å². The molecule has 0 radical (unpaired) electrons. The van der Waals surface area contributed by atoms with Crippen molar-refractivity contribution in [1.82, 2.24) is 4.31 Å². The van der Waals surface area contributed by atoms with Crippen LogP contribution in [0.3, 0.4) is 0 Å². The normalized spacial score (nSPS) is 11.5. The van der Waals surface area contributed by atoms with Crippen LogP contribution in [0.5, 0.6) is 0 Å². The van der Waals surface area contributed by atoms with Crippen LogP contribution in [0.1, 0.15) is 13.8 Å². The van der Waals surface area contributed by atoms with Gasteiger partial charge in [0.25, 0.3) is 0 Å². The van der Waals surface area contributed by atoms with E-state index in [1.807, 2.05) is 31.1 Å². The predicted octanol–water partition coefficient (Wildman–Crippen LogP) is 2.02. The average molecular weight is 423 g/mol. The lowest BCUT2D eigenvalue weighted by atomic mass is 10.1. The molecule has 2 aromatic rings. The van der Waals surface area contributed by atoms with Gasteiger partial charge in [0.05, 0.1) is 18.1 Å². The van der Waals surface area contributed by atoms with Crippen LogP contribution in [0.15, 0.2) is 41.3 Å². The minimum absolute atomic E-state index is 0.00676. The van der Waals surface area contributed by atoms with E-state index in [9.17, 15) is 18.0 Å². The van der Waals surface area contributed by atoms with Crippen molar-refractivity contribution in [3.05, 3.63) is 36.4 Å². The summed E-state index contributed by atoms with van der Waals surface area (Å²) in [4.78, 5) is 25.9.